The Hall–Kier alpha value is -7.23. The van der Waals surface area contributed by atoms with E-state index < -0.39 is 5.82 Å². The minimum atomic E-state index is -0.419. The first-order chi connectivity index (χ1) is 29.5. The predicted octanol–water partition coefficient (Wildman–Crippen LogP) is 15.1. The Morgan fingerprint density at radius 1 is 0.443 bits per heavy atom. The number of rotatable bonds is 6. The number of hydrogen-bond donors (Lipinski definition) is 0. The van der Waals surface area contributed by atoms with Crippen molar-refractivity contribution in [3.63, 3.8) is 0 Å². The zero-order chi connectivity index (χ0) is 44.8. The van der Waals surface area contributed by atoms with E-state index in [0.29, 0.717) is 21.5 Å². The van der Waals surface area contributed by atoms with Gasteiger partial charge in [0.1, 0.15) is 40.3 Å². The van der Waals surface area contributed by atoms with Crippen molar-refractivity contribution in [2.45, 2.75) is 6.92 Å². The maximum Gasteiger partial charge on any atom is 0.373 e. The maximum absolute atomic E-state index is 12.3. The van der Waals surface area contributed by atoms with Gasteiger partial charge in [-0.15, -0.1) is 0 Å². The number of benzene rings is 7. The van der Waals surface area contributed by atoms with Gasteiger partial charge in [-0.1, -0.05) is 125 Å². The van der Waals surface area contributed by atoms with Crippen LogP contribution in [0.4, 0.5) is 15.8 Å². The van der Waals surface area contributed by atoms with Crippen LogP contribution in [0, 0.1) is 25.9 Å². The van der Waals surface area contributed by atoms with E-state index in [2.05, 4.69) is 9.69 Å². The molecule has 7 aromatic carbocycles. The summed E-state index contributed by atoms with van der Waals surface area (Å²) in [4.78, 5) is 38.8. The molecule has 0 atom stereocenters. The van der Waals surface area contributed by atoms with Crippen molar-refractivity contribution in [3.05, 3.63) is 224 Å². The molecule has 0 saturated carbocycles. The van der Waals surface area contributed by atoms with Gasteiger partial charge in [-0.05, 0) is 103 Å². The predicted molar refractivity (Wildman–Crippen MR) is 233 cm³/mol. The number of halogens is 5. The molecule has 7 aromatic rings. The van der Waals surface area contributed by atoms with Gasteiger partial charge in [0.05, 0.1) is 18.2 Å². The van der Waals surface area contributed by atoms with Gasteiger partial charge in [0, 0.05) is 15.1 Å². The Morgan fingerprint density at radius 3 is 1.18 bits per heavy atom. The second-order valence-corrected chi connectivity index (χ2v) is 12.9. The molecule has 9 nitrogen and oxygen atoms in total. The first kappa shape index (κ1) is 49.9. The highest BCUT2D eigenvalue weighted by molar-refractivity contribution is 6.33. The molecule has 0 unspecified atom stereocenters. The van der Waals surface area contributed by atoms with Gasteiger partial charge < -0.3 is 14.2 Å². The first-order valence-electron chi connectivity index (χ1n) is 17.1. The van der Waals surface area contributed by atoms with Crippen molar-refractivity contribution in [2.75, 3.05) is 0 Å². The van der Waals surface area contributed by atoms with Crippen LogP contribution in [0.25, 0.3) is 9.69 Å². The van der Waals surface area contributed by atoms with Gasteiger partial charge in [-0.25, -0.2) is 14.1 Å². The lowest BCUT2D eigenvalue weighted by Gasteiger charge is -2.06. The highest BCUT2D eigenvalue weighted by atomic mass is 35.5. The zero-order valence-electron chi connectivity index (χ0n) is 31.8. The van der Waals surface area contributed by atoms with Crippen LogP contribution in [0.2, 0.25) is 20.1 Å². The van der Waals surface area contributed by atoms with E-state index in [4.69, 9.17) is 92.9 Å². The molecule has 0 spiro atoms. The van der Waals surface area contributed by atoms with Crippen molar-refractivity contribution in [1.29, 1.82) is 0 Å². The molecular weight excluding hydrogens is 865 g/mol. The van der Waals surface area contributed by atoms with Gasteiger partial charge in [0.2, 0.25) is 11.4 Å². The highest BCUT2D eigenvalue weighted by Crippen LogP contribution is 2.31. The number of ether oxygens (including phenoxy) is 3. The zero-order valence-corrected chi connectivity index (χ0v) is 34.8. The van der Waals surface area contributed by atoms with Crippen LogP contribution in [0.1, 0.15) is 5.56 Å². The summed E-state index contributed by atoms with van der Waals surface area (Å²) in [6, 6.07) is 50.4. The fourth-order valence-electron chi connectivity index (χ4n) is 4.26. The second kappa shape index (κ2) is 29.1. The summed E-state index contributed by atoms with van der Waals surface area (Å²) < 4.78 is 29.1. The molecule has 14 heteroatoms. The van der Waals surface area contributed by atoms with E-state index in [1.54, 1.807) is 24.3 Å². The van der Waals surface area contributed by atoms with E-state index in [0.717, 1.165) is 45.4 Å². The smallest absolute Gasteiger partial charge is 0.373 e. The van der Waals surface area contributed by atoms with Crippen LogP contribution in [0.5, 0.6) is 34.5 Å². The van der Waals surface area contributed by atoms with Gasteiger partial charge in [-0.3, -0.25) is 0 Å². The first-order valence-corrected chi connectivity index (χ1v) is 18.7. The summed E-state index contributed by atoms with van der Waals surface area (Å²) in [5.41, 5.74) is 1.77. The highest BCUT2D eigenvalue weighted by Gasteiger charge is 2.03. The Bertz CT molecular complexity index is 2550. The minimum absolute atomic E-state index is 0.162. The van der Waals surface area contributed by atoms with E-state index in [-0.39, 0.29) is 23.0 Å². The molecule has 0 N–H and O–H groups in total. The van der Waals surface area contributed by atoms with Crippen LogP contribution >= 0.6 is 46.4 Å². The summed E-state index contributed by atoms with van der Waals surface area (Å²) in [6.07, 6.45) is 0.500. The molecule has 0 aromatic heterocycles. The Kier molecular flexibility index (Phi) is 23.8. The second-order valence-electron chi connectivity index (χ2n) is 11.2. The quantitative estimate of drug-likeness (QED) is 0.153. The molecule has 0 heterocycles. The fourth-order valence-corrected chi connectivity index (χ4v) is 5.03. The Labute approximate surface area is 371 Å². The maximum atomic E-state index is 12.3. The lowest BCUT2D eigenvalue weighted by atomic mass is 10.2. The molecule has 0 bridgehead atoms. The van der Waals surface area contributed by atoms with Crippen LogP contribution in [0.15, 0.2) is 170 Å². The number of carbonyl (C=O) groups excluding carboxylic acids is 4. The molecule has 0 aliphatic heterocycles. The molecule has 306 valence electrons. The topological polar surface area (TPSA) is 105 Å². The summed E-state index contributed by atoms with van der Waals surface area (Å²) >= 11 is 23.2. The summed E-state index contributed by atoms with van der Waals surface area (Å²) in [5.74, 6) is 4.10. The monoisotopic (exact) mass is 894 g/mol. The Morgan fingerprint density at radius 2 is 0.803 bits per heavy atom. The van der Waals surface area contributed by atoms with E-state index in [9.17, 15) is 4.39 Å². The lowest BCUT2D eigenvalue weighted by molar-refractivity contribution is -0.193. The van der Waals surface area contributed by atoms with Gasteiger partial charge in [0.15, 0.2) is 0 Å². The molecule has 0 radical (unpaired) electrons. The fraction of sp³-hybridized carbons (Fsp3) is 0.0213. The van der Waals surface area contributed by atoms with E-state index in [1.165, 1.54) is 12.1 Å². The van der Waals surface area contributed by atoms with Gasteiger partial charge in [0.25, 0.3) is 0 Å². The number of hydrogen-bond acceptors (Lipinski definition) is 7. The van der Waals surface area contributed by atoms with Crippen molar-refractivity contribution in [2.24, 2.45) is 0 Å². The SMILES string of the molecule is Cc1ccc(Oc2ccccc2)cc1Cl.Clc1cccc(Oc2ccccc2)c1.O=C=O.O=C=O.[C-]#[N+]c1ccc(F)cc1Cl.[C-]#[N+]c1ccc(Oc2ccccc2)cc1Cl. The van der Waals surface area contributed by atoms with Gasteiger partial charge >= 0.3 is 12.3 Å². The third-order valence-electron chi connectivity index (χ3n) is 6.95. The van der Waals surface area contributed by atoms with Crippen LogP contribution in [-0.2, 0) is 19.2 Å². The molecule has 61 heavy (non-hydrogen) atoms. The molecule has 0 aliphatic rings. The van der Waals surface area contributed by atoms with Gasteiger partial charge in [-0.2, -0.15) is 19.2 Å². The van der Waals surface area contributed by atoms with Crippen LogP contribution in [-0.4, -0.2) is 12.3 Å². The van der Waals surface area contributed by atoms with Crippen molar-refractivity contribution >= 4 is 70.1 Å². The normalized spacial score (nSPS) is 8.92. The van der Waals surface area contributed by atoms with E-state index in [1.807, 2.05) is 134 Å². The summed E-state index contributed by atoms with van der Waals surface area (Å²) in [7, 11) is 0. The number of nitrogens with zero attached hydrogens (tertiary/aromatic N) is 2. The minimum Gasteiger partial charge on any atom is -0.457 e. The molecule has 0 fully saturated rings. The van der Waals surface area contributed by atoms with Crippen LogP contribution < -0.4 is 14.2 Å². The molecule has 7 rings (SSSR count). The lowest BCUT2D eigenvalue weighted by Crippen LogP contribution is -1.84. The molecule has 0 aliphatic carbocycles. The number of para-hydroxylation sites is 3. The van der Waals surface area contributed by atoms with Crippen molar-refractivity contribution < 1.29 is 37.8 Å². The standard InChI is InChI=1S/C13H8ClNO.C13H11ClO.C12H9ClO.C7H3ClFN.2CO2/c1-15-13-8-7-11(9-12(13)14)16-10-5-3-2-4-6-10;1-10-7-8-12(9-13(10)14)15-11-5-3-2-4-6-11;13-10-5-4-8-12(9-10)14-11-6-2-1-3-7-11;1-10-7-3-2-5(9)4-6(7)8;2*2-1-3/h2-9H;2-9H,1H3;1-9H;2-4H;;. The molecule has 0 amide bonds. The third-order valence-corrected chi connectivity index (χ3v) is 8.19. The largest absolute Gasteiger partial charge is 0.457 e. The third kappa shape index (κ3) is 20.3. The summed E-state index contributed by atoms with van der Waals surface area (Å²) in [6.45, 7) is 15.4. The van der Waals surface area contributed by atoms with Crippen molar-refractivity contribution in [1.82, 2.24) is 0 Å². The van der Waals surface area contributed by atoms with E-state index >= 15 is 0 Å². The van der Waals surface area contributed by atoms with Crippen molar-refractivity contribution in [3.8, 4) is 34.5 Å². The molecule has 0 saturated heterocycles. The average molecular weight is 897 g/mol. The Balaban J connectivity index is 0.000000271. The summed E-state index contributed by atoms with van der Waals surface area (Å²) in [5, 5.41) is 1.97. The number of aryl methyl sites for hydroxylation is 1. The molecular formula is C47H31Cl4FN2O7. The average Bonchev–Trinajstić information content (AvgIpc) is 3.25. The van der Waals surface area contributed by atoms with Crippen LogP contribution in [0.3, 0.4) is 0 Å².